The summed E-state index contributed by atoms with van der Waals surface area (Å²) >= 11 is 0. The van der Waals surface area contributed by atoms with Gasteiger partial charge in [-0.2, -0.15) is 13.2 Å². The third-order valence-corrected chi connectivity index (χ3v) is 3.44. The lowest BCUT2D eigenvalue weighted by Gasteiger charge is -2.09. The summed E-state index contributed by atoms with van der Waals surface area (Å²) in [6.45, 7) is 0. The molecule has 0 N–H and O–H groups in total. The zero-order chi connectivity index (χ0) is 18.6. The summed E-state index contributed by atoms with van der Waals surface area (Å²) in [7, 11) is 0. The highest BCUT2D eigenvalue weighted by Crippen LogP contribution is 2.30. The first kappa shape index (κ1) is 17.5. The van der Waals surface area contributed by atoms with Crippen molar-refractivity contribution >= 4 is 5.97 Å². The lowest BCUT2D eigenvalue weighted by atomic mass is 10.1. The highest BCUT2D eigenvalue weighted by Gasteiger charge is 2.31. The molecule has 0 atom stereocenters. The van der Waals surface area contributed by atoms with Crippen molar-refractivity contribution in [1.82, 2.24) is 0 Å². The molecule has 26 heavy (non-hydrogen) atoms. The molecule has 0 aliphatic heterocycles. The molecule has 0 saturated carbocycles. The molecule has 0 fully saturated rings. The van der Waals surface area contributed by atoms with Crippen LogP contribution < -0.4 is 9.47 Å². The maximum absolute atomic E-state index is 12.7. The third-order valence-electron chi connectivity index (χ3n) is 3.44. The van der Waals surface area contributed by atoms with E-state index in [2.05, 4.69) is 0 Å². The summed E-state index contributed by atoms with van der Waals surface area (Å²) in [6.07, 6.45) is -4.52. The van der Waals surface area contributed by atoms with E-state index in [1.54, 1.807) is 24.3 Å². The number of halogens is 3. The first-order chi connectivity index (χ1) is 12.4. The van der Waals surface area contributed by atoms with Crippen LogP contribution in [0.5, 0.6) is 17.2 Å². The quantitative estimate of drug-likeness (QED) is 0.442. The van der Waals surface area contributed by atoms with Gasteiger partial charge in [-0.3, -0.25) is 0 Å². The molecular formula is C20H13F3O3. The molecule has 0 aliphatic rings. The summed E-state index contributed by atoms with van der Waals surface area (Å²) in [5.41, 5.74) is -1.08. The van der Waals surface area contributed by atoms with E-state index in [9.17, 15) is 18.0 Å². The van der Waals surface area contributed by atoms with Gasteiger partial charge < -0.3 is 9.47 Å². The zero-order valence-electron chi connectivity index (χ0n) is 13.4. The van der Waals surface area contributed by atoms with Crippen molar-refractivity contribution in [3.8, 4) is 17.2 Å². The Hall–Kier alpha value is -3.28. The first-order valence-electron chi connectivity index (χ1n) is 7.64. The van der Waals surface area contributed by atoms with Crippen molar-refractivity contribution in [3.05, 3.63) is 90.0 Å². The first-order valence-corrected chi connectivity index (χ1v) is 7.64. The Labute approximate surface area is 147 Å². The molecule has 0 aromatic heterocycles. The van der Waals surface area contributed by atoms with E-state index in [1.807, 2.05) is 18.2 Å². The maximum Gasteiger partial charge on any atom is 0.416 e. The average Bonchev–Trinajstić information content (AvgIpc) is 2.63. The number of carbonyl (C=O) groups excluding carboxylic acids is 1. The van der Waals surface area contributed by atoms with Gasteiger partial charge in [0.15, 0.2) is 0 Å². The molecule has 0 spiro atoms. The monoisotopic (exact) mass is 358 g/mol. The van der Waals surface area contributed by atoms with Gasteiger partial charge in [-0.25, -0.2) is 4.79 Å². The Morgan fingerprint density at radius 3 is 2.00 bits per heavy atom. The number of hydrogen-bond donors (Lipinski definition) is 0. The van der Waals surface area contributed by atoms with E-state index in [0.29, 0.717) is 11.5 Å². The van der Waals surface area contributed by atoms with Crippen LogP contribution in [0.4, 0.5) is 13.2 Å². The lowest BCUT2D eigenvalue weighted by molar-refractivity contribution is -0.137. The number of carbonyl (C=O) groups is 1. The van der Waals surface area contributed by atoms with Crippen LogP contribution in [0, 0.1) is 0 Å². The van der Waals surface area contributed by atoms with Gasteiger partial charge in [0.25, 0.3) is 0 Å². The van der Waals surface area contributed by atoms with E-state index in [4.69, 9.17) is 9.47 Å². The van der Waals surface area contributed by atoms with Crippen LogP contribution in [0.25, 0.3) is 0 Å². The number of alkyl halides is 3. The summed E-state index contributed by atoms with van der Waals surface area (Å²) < 4.78 is 48.9. The Balaban J connectivity index is 1.68. The maximum atomic E-state index is 12.7. The van der Waals surface area contributed by atoms with Gasteiger partial charge >= 0.3 is 12.1 Å². The van der Waals surface area contributed by atoms with Crippen LogP contribution in [-0.4, -0.2) is 5.97 Å². The molecule has 6 heteroatoms. The van der Waals surface area contributed by atoms with E-state index in [0.717, 1.165) is 18.2 Å². The molecule has 3 nitrogen and oxygen atoms in total. The minimum Gasteiger partial charge on any atom is -0.457 e. The van der Waals surface area contributed by atoms with Crippen LogP contribution in [-0.2, 0) is 6.18 Å². The SMILES string of the molecule is O=C(Oc1ccc(Oc2ccccc2)cc1)c1cccc(C(F)(F)F)c1. The smallest absolute Gasteiger partial charge is 0.416 e. The third kappa shape index (κ3) is 4.42. The lowest BCUT2D eigenvalue weighted by Crippen LogP contribution is -2.11. The van der Waals surface area contributed by atoms with Crippen molar-refractivity contribution in [2.45, 2.75) is 6.18 Å². The fourth-order valence-electron chi connectivity index (χ4n) is 2.19. The molecule has 3 aromatic rings. The molecule has 0 saturated heterocycles. The van der Waals surface area contributed by atoms with Crippen LogP contribution in [0.2, 0.25) is 0 Å². The van der Waals surface area contributed by atoms with Gasteiger partial charge in [-0.1, -0.05) is 24.3 Å². The Morgan fingerprint density at radius 2 is 1.35 bits per heavy atom. The number of ether oxygens (including phenoxy) is 2. The van der Waals surface area contributed by atoms with Gasteiger partial charge in [-0.15, -0.1) is 0 Å². The van der Waals surface area contributed by atoms with E-state index in [1.165, 1.54) is 18.2 Å². The largest absolute Gasteiger partial charge is 0.457 e. The summed E-state index contributed by atoms with van der Waals surface area (Å²) in [5, 5.41) is 0. The second-order valence-corrected chi connectivity index (χ2v) is 5.35. The second kappa shape index (κ2) is 7.31. The molecule has 0 unspecified atom stereocenters. The van der Waals surface area contributed by atoms with Gasteiger partial charge in [0.1, 0.15) is 17.2 Å². The van der Waals surface area contributed by atoms with E-state index < -0.39 is 17.7 Å². The molecule has 0 heterocycles. The summed E-state index contributed by atoms with van der Waals surface area (Å²) in [4.78, 5) is 12.0. The molecule has 0 radical (unpaired) electrons. The molecule has 0 bridgehead atoms. The molecule has 3 aromatic carbocycles. The fraction of sp³-hybridized carbons (Fsp3) is 0.0500. The van der Waals surface area contributed by atoms with Gasteiger partial charge in [0.2, 0.25) is 0 Å². The van der Waals surface area contributed by atoms with Gasteiger partial charge in [0.05, 0.1) is 11.1 Å². The van der Waals surface area contributed by atoms with Crippen molar-refractivity contribution in [1.29, 1.82) is 0 Å². The van der Waals surface area contributed by atoms with Crippen molar-refractivity contribution in [3.63, 3.8) is 0 Å². The minimum atomic E-state index is -4.52. The average molecular weight is 358 g/mol. The highest BCUT2D eigenvalue weighted by molar-refractivity contribution is 5.91. The van der Waals surface area contributed by atoms with Crippen LogP contribution in [0.15, 0.2) is 78.9 Å². The van der Waals surface area contributed by atoms with Crippen molar-refractivity contribution in [2.24, 2.45) is 0 Å². The Morgan fingerprint density at radius 1 is 0.731 bits per heavy atom. The normalized spacial score (nSPS) is 11.0. The van der Waals surface area contributed by atoms with Gasteiger partial charge in [0, 0.05) is 0 Å². The minimum absolute atomic E-state index is 0.176. The van der Waals surface area contributed by atoms with Crippen molar-refractivity contribution < 1.29 is 27.4 Å². The zero-order valence-corrected chi connectivity index (χ0v) is 13.4. The van der Waals surface area contributed by atoms with Crippen LogP contribution >= 0.6 is 0 Å². The summed E-state index contributed by atoms with van der Waals surface area (Å²) in [5.74, 6) is 0.525. The van der Waals surface area contributed by atoms with Crippen LogP contribution in [0.1, 0.15) is 15.9 Å². The number of rotatable bonds is 4. The van der Waals surface area contributed by atoms with E-state index in [-0.39, 0.29) is 11.3 Å². The molecule has 3 rings (SSSR count). The number of hydrogen-bond acceptors (Lipinski definition) is 3. The molecule has 0 amide bonds. The fourth-order valence-corrected chi connectivity index (χ4v) is 2.19. The van der Waals surface area contributed by atoms with Gasteiger partial charge in [-0.05, 0) is 54.6 Å². The Bertz CT molecular complexity index is 888. The molecular weight excluding hydrogens is 345 g/mol. The predicted octanol–water partition coefficient (Wildman–Crippen LogP) is 5.72. The standard InChI is InChI=1S/C20H13F3O3/c21-20(22,23)15-6-4-5-14(13-15)19(24)26-18-11-9-17(10-12-18)25-16-7-2-1-3-8-16/h1-13H. The number of para-hydroxylation sites is 1. The topological polar surface area (TPSA) is 35.5 Å². The summed E-state index contributed by atoms with van der Waals surface area (Å²) in [6, 6.07) is 19.4. The second-order valence-electron chi connectivity index (χ2n) is 5.35. The predicted molar refractivity (Wildman–Crippen MR) is 89.4 cm³/mol. The molecule has 0 aliphatic carbocycles. The van der Waals surface area contributed by atoms with Crippen molar-refractivity contribution in [2.75, 3.05) is 0 Å². The molecule has 132 valence electrons. The van der Waals surface area contributed by atoms with Crippen LogP contribution in [0.3, 0.4) is 0 Å². The number of benzene rings is 3. The number of esters is 1. The highest BCUT2D eigenvalue weighted by atomic mass is 19.4. The Kier molecular flexibility index (Phi) is 4.93. The van der Waals surface area contributed by atoms with E-state index >= 15 is 0 Å².